The summed E-state index contributed by atoms with van der Waals surface area (Å²) in [6.45, 7) is 0.557. The van der Waals surface area contributed by atoms with Gasteiger partial charge in [-0.3, -0.25) is 9.48 Å². The van der Waals surface area contributed by atoms with Gasteiger partial charge in [0.05, 0.1) is 29.2 Å². The van der Waals surface area contributed by atoms with E-state index in [-0.39, 0.29) is 18.3 Å². The SMILES string of the molecule is Cn1ccc(COc2ccc3nc(C4CCCC[C@H]4C(=O)O)n(Cc4cc(Br)ccc4F)c3c2)n1. The average molecular weight is 541 g/mol. The van der Waals surface area contributed by atoms with Crippen molar-refractivity contribution in [3.8, 4) is 5.75 Å². The maximum Gasteiger partial charge on any atom is 0.307 e. The van der Waals surface area contributed by atoms with Crippen LogP contribution in [0.1, 0.15) is 48.7 Å². The Morgan fingerprint density at radius 1 is 1.20 bits per heavy atom. The molecule has 1 aliphatic carbocycles. The third-order valence-electron chi connectivity index (χ3n) is 6.66. The molecule has 0 radical (unpaired) electrons. The number of rotatable bonds is 7. The van der Waals surface area contributed by atoms with E-state index in [1.807, 2.05) is 42.1 Å². The lowest BCUT2D eigenvalue weighted by molar-refractivity contribution is -0.143. The molecule has 7 nitrogen and oxygen atoms in total. The Bertz CT molecular complexity index is 1380. The highest BCUT2D eigenvalue weighted by Crippen LogP contribution is 2.39. The minimum Gasteiger partial charge on any atom is -0.487 e. The van der Waals surface area contributed by atoms with Gasteiger partial charge in [0, 0.05) is 35.3 Å². The van der Waals surface area contributed by atoms with E-state index in [1.54, 1.807) is 16.8 Å². The zero-order valence-electron chi connectivity index (χ0n) is 19.3. The third-order valence-corrected chi connectivity index (χ3v) is 7.15. The van der Waals surface area contributed by atoms with Crippen LogP contribution in [-0.2, 0) is 25.0 Å². The number of halogens is 2. The van der Waals surface area contributed by atoms with Crippen LogP contribution in [0.15, 0.2) is 53.1 Å². The summed E-state index contributed by atoms with van der Waals surface area (Å²) in [6.07, 6.45) is 5.05. The molecule has 0 spiro atoms. The fourth-order valence-corrected chi connectivity index (χ4v) is 5.34. The second-order valence-electron chi connectivity index (χ2n) is 9.05. The van der Waals surface area contributed by atoms with Gasteiger partial charge in [-0.25, -0.2) is 9.37 Å². The van der Waals surface area contributed by atoms with Crippen LogP contribution >= 0.6 is 15.9 Å². The molecule has 0 amide bonds. The summed E-state index contributed by atoms with van der Waals surface area (Å²) in [5, 5.41) is 14.2. The van der Waals surface area contributed by atoms with Crippen LogP contribution in [-0.4, -0.2) is 30.4 Å². The van der Waals surface area contributed by atoms with Crippen molar-refractivity contribution < 1.29 is 19.0 Å². The van der Waals surface area contributed by atoms with E-state index in [0.29, 0.717) is 30.2 Å². The maximum atomic E-state index is 14.7. The largest absolute Gasteiger partial charge is 0.487 e. The number of hydrogen-bond acceptors (Lipinski definition) is 4. The Kier molecular flexibility index (Phi) is 6.60. The molecule has 2 aromatic carbocycles. The van der Waals surface area contributed by atoms with Crippen molar-refractivity contribution in [1.82, 2.24) is 19.3 Å². The van der Waals surface area contributed by atoms with E-state index >= 15 is 0 Å². The highest BCUT2D eigenvalue weighted by atomic mass is 79.9. The smallest absolute Gasteiger partial charge is 0.307 e. The van der Waals surface area contributed by atoms with Crippen molar-refractivity contribution in [2.75, 3.05) is 0 Å². The first-order chi connectivity index (χ1) is 16.9. The van der Waals surface area contributed by atoms with E-state index < -0.39 is 11.9 Å². The highest BCUT2D eigenvalue weighted by molar-refractivity contribution is 9.10. The van der Waals surface area contributed by atoms with Crippen molar-refractivity contribution in [3.63, 3.8) is 0 Å². The molecule has 9 heteroatoms. The summed E-state index contributed by atoms with van der Waals surface area (Å²) in [5.41, 5.74) is 2.83. The standard InChI is InChI=1S/C26H26BrFN4O3/c1-31-11-10-18(30-31)15-35-19-7-9-23-24(13-19)32(14-16-12-17(27)6-8-22(16)28)25(29-23)20-4-2-3-5-21(20)26(33)34/h6-13,20-21H,2-5,14-15H2,1H3,(H,33,34)/t20?,21-/m1/s1. The van der Waals surface area contributed by atoms with Crippen LogP contribution in [0.2, 0.25) is 0 Å². The van der Waals surface area contributed by atoms with Gasteiger partial charge in [-0.1, -0.05) is 28.8 Å². The predicted octanol–water partition coefficient (Wildman–Crippen LogP) is 5.66. The van der Waals surface area contributed by atoms with Gasteiger partial charge < -0.3 is 14.4 Å². The molecule has 1 N–H and O–H groups in total. The Morgan fingerprint density at radius 2 is 2.03 bits per heavy atom. The predicted molar refractivity (Wildman–Crippen MR) is 133 cm³/mol. The van der Waals surface area contributed by atoms with Crippen molar-refractivity contribution in [2.24, 2.45) is 13.0 Å². The molecular formula is C26H26BrFN4O3. The molecule has 182 valence electrons. The number of nitrogens with zero attached hydrogens (tertiary/aromatic N) is 4. The number of aromatic nitrogens is 4. The molecular weight excluding hydrogens is 515 g/mol. The van der Waals surface area contributed by atoms with Crippen LogP contribution in [0.3, 0.4) is 0 Å². The van der Waals surface area contributed by atoms with Crippen molar-refractivity contribution in [3.05, 3.63) is 76.0 Å². The number of fused-ring (bicyclic) bond motifs is 1. The first-order valence-electron chi connectivity index (χ1n) is 11.7. The van der Waals surface area contributed by atoms with Gasteiger partial charge in [-0.15, -0.1) is 0 Å². The summed E-state index contributed by atoms with van der Waals surface area (Å²) in [7, 11) is 1.85. The van der Waals surface area contributed by atoms with Crippen molar-refractivity contribution in [1.29, 1.82) is 0 Å². The number of carboxylic acid groups (broad SMARTS) is 1. The molecule has 2 atom stereocenters. The molecule has 0 bridgehead atoms. The molecule has 5 rings (SSSR count). The number of aryl methyl sites for hydroxylation is 1. The van der Waals surface area contributed by atoms with Crippen molar-refractivity contribution in [2.45, 2.75) is 44.8 Å². The molecule has 1 fully saturated rings. The van der Waals surface area contributed by atoms with Crippen LogP contribution in [0.25, 0.3) is 11.0 Å². The van der Waals surface area contributed by atoms with E-state index in [2.05, 4.69) is 21.0 Å². The van der Waals surface area contributed by atoms with E-state index in [1.165, 1.54) is 6.07 Å². The molecule has 2 heterocycles. The molecule has 1 unspecified atom stereocenters. The summed E-state index contributed by atoms with van der Waals surface area (Å²) < 4.78 is 25.2. The molecule has 35 heavy (non-hydrogen) atoms. The number of carbonyl (C=O) groups is 1. The lowest BCUT2D eigenvalue weighted by Gasteiger charge is -2.28. The Labute approximate surface area is 210 Å². The van der Waals surface area contributed by atoms with E-state index in [0.717, 1.165) is 40.5 Å². The first-order valence-corrected chi connectivity index (χ1v) is 12.5. The molecule has 2 aromatic heterocycles. The monoisotopic (exact) mass is 540 g/mol. The molecule has 0 saturated heterocycles. The highest BCUT2D eigenvalue weighted by Gasteiger charge is 2.35. The summed E-state index contributed by atoms with van der Waals surface area (Å²) in [5.74, 6) is -0.533. The normalized spacial score (nSPS) is 18.1. The first kappa shape index (κ1) is 23.5. The van der Waals surface area contributed by atoms with Crippen LogP contribution in [0.5, 0.6) is 5.75 Å². The second-order valence-corrected chi connectivity index (χ2v) is 9.96. The number of benzene rings is 2. The molecule has 0 aliphatic heterocycles. The van der Waals surface area contributed by atoms with Crippen LogP contribution < -0.4 is 4.74 Å². The van der Waals surface area contributed by atoms with Crippen LogP contribution in [0, 0.1) is 11.7 Å². The molecule has 4 aromatic rings. The summed E-state index contributed by atoms with van der Waals surface area (Å²) in [4.78, 5) is 16.9. The van der Waals surface area contributed by atoms with Gasteiger partial charge in [-0.2, -0.15) is 5.10 Å². The van der Waals surface area contributed by atoms with Crippen LogP contribution in [0.4, 0.5) is 4.39 Å². The quantitative estimate of drug-likeness (QED) is 0.327. The minimum atomic E-state index is -0.804. The maximum absolute atomic E-state index is 14.7. The number of carboxylic acids is 1. The average Bonchev–Trinajstić information content (AvgIpc) is 3.43. The molecule has 1 saturated carbocycles. The Morgan fingerprint density at radius 3 is 2.80 bits per heavy atom. The van der Waals surface area contributed by atoms with E-state index in [4.69, 9.17) is 9.72 Å². The number of ether oxygens (including phenoxy) is 1. The van der Waals surface area contributed by atoms with Gasteiger partial charge in [0.1, 0.15) is 24.0 Å². The van der Waals surface area contributed by atoms with Crippen molar-refractivity contribution >= 4 is 32.9 Å². The van der Waals surface area contributed by atoms with Gasteiger partial charge in [-0.05, 0) is 49.2 Å². The minimum absolute atomic E-state index is 0.234. The van der Waals surface area contributed by atoms with Gasteiger partial charge in [0.15, 0.2) is 0 Å². The number of imidazole rings is 1. The summed E-state index contributed by atoms with van der Waals surface area (Å²) >= 11 is 3.43. The van der Waals surface area contributed by atoms with Gasteiger partial charge >= 0.3 is 5.97 Å². The Balaban J connectivity index is 1.57. The topological polar surface area (TPSA) is 82.2 Å². The molecule has 1 aliphatic rings. The number of aliphatic carboxylic acids is 1. The lowest BCUT2D eigenvalue weighted by atomic mass is 9.78. The fraction of sp³-hybridized carbons (Fsp3) is 0.346. The van der Waals surface area contributed by atoms with Gasteiger partial charge in [0.25, 0.3) is 0 Å². The lowest BCUT2D eigenvalue weighted by Crippen LogP contribution is -2.28. The zero-order chi connectivity index (χ0) is 24.5. The Hall–Kier alpha value is -3.20. The summed E-state index contributed by atoms with van der Waals surface area (Å²) in [6, 6.07) is 12.4. The third kappa shape index (κ3) is 4.96. The second kappa shape index (κ2) is 9.81. The number of hydrogen-bond donors (Lipinski definition) is 1. The fourth-order valence-electron chi connectivity index (χ4n) is 4.93. The van der Waals surface area contributed by atoms with Gasteiger partial charge in [0.2, 0.25) is 0 Å². The zero-order valence-corrected chi connectivity index (χ0v) is 20.9. The van der Waals surface area contributed by atoms with E-state index in [9.17, 15) is 14.3 Å².